The van der Waals surface area contributed by atoms with Gasteiger partial charge in [-0.3, -0.25) is 9.59 Å². The third-order valence-corrected chi connectivity index (χ3v) is 4.35. The molecule has 150 valence electrons. The number of benzene rings is 2. The van der Waals surface area contributed by atoms with Crippen molar-refractivity contribution in [2.24, 2.45) is 5.92 Å². The van der Waals surface area contributed by atoms with Gasteiger partial charge in [0, 0.05) is 22.7 Å². The van der Waals surface area contributed by atoms with Crippen molar-refractivity contribution in [2.75, 3.05) is 17.7 Å². The van der Waals surface area contributed by atoms with Crippen LogP contribution in [0.4, 0.5) is 11.4 Å². The predicted octanol–water partition coefficient (Wildman–Crippen LogP) is 5.00. The molecule has 6 nitrogen and oxygen atoms in total. The zero-order chi connectivity index (χ0) is 20.8. The number of amides is 2. The number of anilines is 2. The SMILES string of the molecule is COc1cc(NC(=O)[C@@H](C)Oc2ccc(Cl)cc2Cl)ccc1NC(=O)C(C)C. The first kappa shape index (κ1) is 21.9. The van der Waals surface area contributed by atoms with E-state index in [9.17, 15) is 9.59 Å². The molecule has 0 radical (unpaired) electrons. The van der Waals surface area contributed by atoms with E-state index in [1.165, 1.54) is 13.2 Å². The second kappa shape index (κ2) is 9.66. The van der Waals surface area contributed by atoms with Crippen molar-refractivity contribution in [1.82, 2.24) is 0 Å². The molecule has 0 aliphatic rings. The molecule has 2 amide bonds. The molecular formula is C20H22Cl2N2O4. The van der Waals surface area contributed by atoms with E-state index in [0.717, 1.165) is 0 Å². The normalized spacial score (nSPS) is 11.7. The lowest BCUT2D eigenvalue weighted by Crippen LogP contribution is -2.30. The molecule has 2 aromatic carbocycles. The highest BCUT2D eigenvalue weighted by Gasteiger charge is 2.18. The Kier molecular flexibility index (Phi) is 7.54. The van der Waals surface area contributed by atoms with Crippen LogP contribution in [0.1, 0.15) is 20.8 Å². The number of hydrogen-bond acceptors (Lipinski definition) is 4. The average Bonchev–Trinajstić information content (AvgIpc) is 2.64. The standard InChI is InChI=1S/C20H22Cl2N2O4/c1-11(2)19(25)24-16-7-6-14(10-18(16)27-4)23-20(26)12(3)28-17-8-5-13(21)9-15(17)22/h5-12H,1-4H3,(H,23,26)(H,24,25)/t12-/m1/s1. The van der Waals surface area contributed by atoms with Crippen LogP contribution in [-0.4, -0.2) is 25.0 Å². The van der Waals surface area contributed by atoms with Gasteiger partial charge in [0.1, 0.15) is 11.5 Å². The molecule has 1 atom stereocenters. The number of rotatable bonds is 7. The molecule has 2 aromatic rings. The Bertz CT molecular complexity index is 871. The molecule has 8 heteroatoms. The molecule has 2 N–H and O–H groups in total. The lowest BCUT2D eigenvalue weighted by atomic mass is 10.2. The van der Waals surface area contributed by atoms with E-state index < -0.39 is 6.10 Å². The molecule has 0 unspecified atom stereocenters. The van der Waals surface area contributed by atoms with Gasteiger partial charge in [-0.2, -0.15) is 0 Å². The van der Waals surface area contributed by atoms with Crippen LogP contribution in [0.25, 0.3) is 0 Å². The van der Waals surface area contributed by atoms with Crippen molar-refractivity contribution in [3.05, 3.63) is 46.4 Å². The van der Waals surface area contributed by atoms with Gasteiger partial charge in [0.05, 0.1) is 17.8 Å². The van der Waals surface area contributed by atoms with Crippen molar-refractivity contribution < 1.29 is 19.1 Å². The van der Waals surface area contributed by atoms with Gasteiger partial charge in [0.25, 0.3) is 5.91 Å². The number of carbonyl (C=O) groups excluding carboxylic acids is 2. The van der Waals surface area contributed by atoms with E-state index in [2.05, 4.69) is 10.6 Å². The summed E-state index contributed by atoms with van der Waals surface area (Å²) in [6, 6.07) is 9.72. The van der Waals surface area contributed by atoms with Gasteiger partial charge in [-0.15, -0.1) is 0 Å². The molecule has 0 saturated heterocycles. The van der Waals surface area contributed by atoms with Crippen LogP contribution in [0.3, 0.4) is 0 Å². The quantitative estimate of drug-likeness (QED) is 0.655. The van der Waals surface area contributed by atoms with Crippen LogP contribution in [-0.2, 0) is 9.59 Å². The molecule has 0 spiro atoms. The number of hydrogen-bond donors (Lipinski definition) is 2. The fourth-order valence-corrected chi connectivity index (χ4v) is 2.66. The zero-order valence-corrected chi connectivity index (χ0v) is 17.5. The van der Waals surface area contributed by atoms with E-state index in [4.69, 9.17) is 32.7 Å². The van der Waals surface area contributed by atoms with Crippen molar-refractivity contribution >= 4 is 46.4 Å². The lowest BCUT2D eigenvalue weighted by molar-refractivity contribution is -0.122. The summed E-state index contributed by atoms with van der Waals surface area (Å²) in [5.41, 5.74) is 1.03. The predicted molar refractivity (Wildman–Crippen MR) is 112 cm³/mol. The third kappa shape index (κ3) is 5.78. The average molecular weight is 425 g/mol. The first-order chi connectivity index (χ1) is 13.2. The Labute approximate surface area is 174 Å². The minimum Gasteiger partial charge on any atom is -0.494 e. The number of halogens is 2. The highest BCUT2D eigenvalue weighted by molar-refractivity contribution is 6.35. The first-order valence-corrected chi connectivity index (χ1v) is 9.38. The third-order valence-electron chi connectivity index (χ3n) is 3.82. The molecule has 2 rings (SSSR count). The Balaban J connectivity index is 2.07. The highest BCUT2D eigenvalue weighted by atomic mass is 35.5. The van der Waals surface area contributed by atoms with E-state index in [-0.39, 0.29) is 17.7 Å². The van der Waals surface area contributed by atoms with Gasteiger partial charge in [0.15, 0.2) is 6.10 Å². The summed E-state index contributed by atoms with van der Waals surface area (Å²) in [7, 11) is 1.49. The topological polar surface area (TPSA) is 76.7 Å². The van der Waals surface area contributed by atoms with E-state index >= 15 is 0 Å². The van der Waals surface area contributed by atoms with Gasteiger partial charge < -0.3 is 20.1 Å². The molecular weight excluding hydrogens is 403 g/mol. The monoisotopic (exact) mass is 424 g/mol. The first-order valence-electron chi connectivity index (χ1n) is 8.62. The summed E-state index contributed by atoms with van der Waals surface area (Å²) in [6.07, 6.45) is -0.801. The Morgan fingerprint density at radius 2 is 1.64 bits per heavy atom. The molecule has 0 fully saturated rings. The summed E-state index contributed by atoms with van der Waals surface area (Å²) in [5, 5.41) is 6.32. The maximum absolute atomic E-state index is 12.4. The fraction of sp³-hybridized carbons (Fsp3) is 0.300. The second-order valence-corrected chi connectivity index (χ2v) is 7.23. The van der Waals surface area contributed by atoms with Gasteiger partial charge in [-0.1, -0.05) is 37.0 Å². The van der Waals surface area contributed by atoms with Crippen molar-refractivity contribution in [3.63, 3.8) is 0 Å². The molecule has 0 aliphatic carbocycles. The van der Waals surface area contributed by atoms with Crippen LogP contribution >= 0.6 is 23.2 Å². The number of ether oxygens (including phenoxy) is 2. The van der Waals surface area contributed by atoms with Crippen LogP contribution < -0.4 is 20.1 Å². The fourth-order valence-electron chi connectivity index (χ4n) is 2.21. The Morgan fingerprint density at radius 1 is 0.929 bits per heavy atom. The van der Waals surface area contributed by atoms with Crippen molar-refractivity contribution in [3.8, 4) is 11.5 Å². The minimum atomic E-state index is -0.801. The van der Waals surface area contributed by atoms with Gasteiger partial charge in [0.2, 0.25) is 5.91 Å². The maximum Gasteiger partial charge on any atom is 0.265 e. The van der Waals surface area contributed by atoms with E-state index in [0.29, 0.717) is 32.9 Å². The molecule has 0 saturated carbocycles. The molecule has 0 aromatic heterocycles. The van der Waals surface area contributed by atoms with E-state index in [1.54, 1.807) is 51.1 Å². The largest absolute Gasteiger partial charge is 0.494 e. The summed E-state index contributed by atoms with van der Waals surface area (Å²) >= 11 is 11.9. The van der Waals surface area contributed by atoms with E-state index in [1.807, 2.05) is 0 Å². The van der Waals surface area contributed by atoms with Crippen LogP contribution in [0.5, 0.6) is 11.5 Å². The van der Waals surface area contributed by atoms with Crippen LogP contribution in [0, 0.1) is 5.92 Å². The van der Waals surface area contributed by atoms with Crippen molar-refractivity contribution in [2.45, 2.75) is 26.9 Å². The minimum absolute atomic E-state index is 0.128. The molecule has 0 heterocycles. The molecule has 0 aliphatic heterocycles. The second-order valence-electron chi connectivity index (χ2n) is 6.38. The maximum atomic E-state index is 12.4. The number of nitrogens with one attached hydrogen (secondary N) is 2. The molecule has 0 bridgehead atoms. The molecule has 28 heavy (non-hydrogen) atoms. The zero-order valence-electron chi connectivity index (χ0n) is 16.0. The van der Waals surface area contributed by atoms with Crippen LogP contribution in [0.15, 0.2) is 36.4 Å². The number of methoxy groups -OCH3 is 1. The smallest absolute Gasteiger partial charge is 0.265 e. The van der Waals surface area contributed by atoms with Gasteiger partial charge in [-0.05, 0) is 37.3 Å². The Hall–Kier alpha value is -2.44. The Morgan fingerprint density at radius 3 is 2.25 bits per heavy atom. The van der Waals surface area contributed by atoms with Gasteiger partial charge in [-0.25, -0.2) is 0 Å². The highest BCUT2D eigenvalue weighted by Crippen LogP contribution is 2.30. The van der Waals surface area contributed by atoms with Crippen molar-refractivity contribution in [1.29, 1.82) is 0 Å². The number of carbonyl (C=O) groups is 2. The van der Waals surface area contributed by atoms with Crippen LogP contribution in [0.2, 0.25) is 10.0 Å². The lowest BCUT2D eigenvalue weighted by Gasteiger charge is -2.17. The summed E-state index contributed by atoms with van der Waals surface area (Å²) in [4.78, 5) is 24.3. The summed E-state index contributed by atoms with van der Waals surface area (Å²) in [6.45, 7) is 5.20. The summed E-state index contributed by atoms with van der Waals surface area (Å²) < 4.78 is 10.9. The van der Waals surface area contributed by atoms with Gasteiger partial charge >= 0.3 is 0 Å². The summed E-state index contributed by atoms with van der Waals surface area (Å²) in [5.74, 6) is 0.130.